The fourth-order valence-corrected chi connectivity index (χ4v) is 2.50. The summed E-state index contributed by atoms with van der Waals surface area (Å²) < 4.78 is 0. The van der Waals surface area contributed by atoms with Crippen molar-refractivity contribution in [1.29, 1.82) is 0 Å². The summed E-state index contributed by atoms with van der Waals surface area (Å²) in [5.74, 6) is 0.969. The summed E-state index contributed by atoms with van der Waals surface area (Å²) in [5, 5.41) is 0. The molecular weight excluding hydrogens is 228 g/mol. The van der Waals surface area contributed by atoms with Crippen LogP contribution < -0.4 is 5.73 Å². The van der Waals surface area contributed by atoms with Crippen molar-refractivity contribution in [2.75, 3.05) is 32.9 Å². The number of pyridine rings is 1. The Bertz CT molecular complexity index is 429. The Balaban J connectivity index is 2.09. The lowest BCUT2D eigenvalue weighted by molar-refractivity contribution is 0.0781. The number of nitrogens with two attached hydrogens (primary N) is 1. The van der Waals surface area contributed by atoms with Crippen molar-refractivity contribution < 1.29 is 4.79 Å². The number of carbonyl (C=O) groups excluding carboxylic acids is 1. The number of hydrogen-bond donors (Lipinski definition) is 1. The van der Waals surface area contributed by atoms with Crippen LogP contribution in [0.5, 0.6) is 0 Å². The first-order chi connectivity index (χ1) is 8.49. The minimum absolute atomic E-state index is 0.0405. The van der Waals surface area contributed by atoms with Crippen molar-refractivity contribution in [1.82, 2.24) is 14.8 Å². The van der Waals surface area contributed by atoms with Crippen LogP contribution in [0, 0.1) is 5.92 Å². The molecule has 1 aliphatic rings. The second-order valence-corrected chi connectivity index (χ2v) is 5.19. The number of nitrogens with zero attached hydrogens (tertiary/aromatic N) is 3. The number of rotatable bonds is 2. The third-order valence-corrected chi connectivity index (χ3v) is 3.56. The van der Waals surface area contributed by atoms with Crippen molar-refractivity contribution in [2.45, 2.75) is 13.0 Å². The SMILES string of the molecule is CC1CN(C(=O)c2ccc(N)nc2)CC1N(C)C. The van der Waals surface area contributed by atoms with Gasteiger partial charge < -0.3 is 15.5 Å². The van der Waals surface area contributed by atoms with E-state index in [2.05, 4.69) is 30.9 Å². The molecule has 1 aliphatic heterocycles. The number of likely N-dealkylation sites (tertiary alicyclic amines) is 1. The number of likely N-dealkylation sites (N-methyl/N-ethyl adjacent to an activating group) is 1. The first kappa shape index (κ1) is 12.8. The van der Waals surface area contributed by atoms with Gasteiger partial charge in [0.2, 0.25) is 0 Å². The molecular formula is C13H20N4O. The van der Waals surface area contributed by atoms with E-state index in [1.54, 1.807) is 18.3 Å². The largest absolute Gasteiger partial charge is 0.384 e. The number of nitrogen functional groups attached to an aromatic ring is 1. The lowest BCUT2D eigenvalue weighted by atomic mass is 10.1. The molecule has 1 saturated heterocycles. The second kappa shape index (κ2) is 4.94. The summed E-state index contributed by atoms with van der Waals surface area (Å²) in [6.45, 7) is 3.75. The summed E-state index contributed by atoms with van der Waals surface area (Å²) in [7, 11) is 4.11. The summed E-state index contributed by atoms with van der Waals surface area (Å²) in [6, 6.07) is 3.82. The highest BCUT2D eigenvalue weighted by molar-refractivity contribution is 5.94. The zero-order chi connectivity index (χ0) is 13.3. The molecule has 2 atom stereocenters. The van der Waals surface area contributed by atoms with Crippen LogP contribution in [-0.4, -0.2) is 53.9 Å². The van der Waals surface area contributed by atoms with E-state index in [-0.39, 0.29) is 5.91 Å². The van der Waals surface area contributed by atoms with E-state index in [1.165, 1.54) is 0 Å². The average molecular weight is 248 g/mol. The molecule has 98 valence electrons. The van der Waals surface area contributed by atoms with Crippen molar-refractivity contribution in [3.05, 3.63) is 23.9 Å². The molecule has 1 aromatic rings. The highest BCUT2D eigenvalue weighted by Gasteiger charge is 2.33. The standard InChI is InChI=1S/C13H20N4O/c1-9-7-17(8-11(9)16(2)3)13(18)10-4-5-12(14)15-6-10/h4-6,9,11H,7-8H2,1-3H3,(H2,14,15). The lowest BCUT2D eigenvalue weighted by Gasteiger charge is -2.22. The Morgan fingerprint density at radius 1 is 1.44 bits per heavy atom. The quantitative estimate of drug-likeness (QED) is 0.836. The molecule has 2 rings (SSSR count). The first-order valence-electron chi connectivity index (χ1n) is 6.16. The molecule has 2 N–H and O–H groups in total. The van der Waals surface area contributed by atoms with Crippen LogP contribution in [0.2, 0.25) is 0 Å². The zero-order valence-electron chi connectivity index (χ0n) is 11.1. The van der Waals surface area contributed by atoms with Crippen molar-refractivity contribution >= 4 is 11.7 Å². The van der Waals surface area contributed by atoms with Crippen molar-refractivity contribution in [3.63, 3.8) is 0 Å². The summed E-state index contributed by atoms with van der Waals surface area (Å²) in [5.41, 5.74) is 6.13. The van der Waals surface area contributed by atoms with Gasteiger partial charge in [0.1, 0.15) is 5.82 Å². The first-order valence-corrected chi connectivity index (χ1v) is 6.16. The topological polar surface area (TPSA) is 62.5 Å². The van der Waals surface area contributed by atoms with Crippen LogP contribution in [0.4, 0.5) is 5.82 Å². The van der Waals surface area contributed by atoms with Gasteiger partial charge in [-0.3, -0.25) is 4.79 Å². The second-order valence-electron chi connectivity index (χ2n) is 5.19. The number of anilines is 1. The van der Waals surface area contributed by atoms with E-state index in [0.29, 0.717) is 23.3 Å². The van der Waals surface area contributed by atoms with E-state index in [9.17, 15) is 4.79 Å². The van der Waals surface area contributed by atoms with Gasteiger partial charge in [0.05, 0.1) is 5.56 Å². The molecule has 0 saturated carbocycles. The molecule has 0 spiro atoms. The number of amides is 1. The Morgan fingerprint density at radius 3 is 2.67 bits per heavy atom. The smallest absolute Gasteiger partial charge is 0.255 e. The minimum atomic E-state index is 0.0405. The van der Waals surface area contributed by atoms with Crippen molar-refractivity contribution in [2.24, 2.45) is 5.92 Å². The van der Waals surface area contributed by atoms with Crippen LogP contribution in [0.3, 0.4) is 0 Å². The van der Waals surface area contributed by atoms with Crippen LogP contribution in [0.15, 0.2) is 18.3 Å². The van der Waals surface area contributed by atoms with Crippen LogP contribution >= 0.6 is 0 Å². The van der Waals surface area contributed by atoms with Gasteiger partial charge in [0.25, 0.3) is 5.91 Å². The van der Waals surface area contributed by atoms with E-state index in [0.717, 1.165) is 13.1 Å². The third-order valence-electron chi connectivity index (χ3n) is 3.56. The van der Waals surface area contributed by atoms with E-state index in [1.807, 2.05) is 4.90 Å². The highest BCUT2D eigenvalue weighted by Crippen LogP contribution is 2.21. The van der Waals surface area contributed by atoms with Crippen LogP contribution in [-0.2, 0) is 0 Å². The molecule has 1 amide bonds. The van der Waals surface area contributed by atoms with E-state index in [4.69, 9.17) is 5.73 Å². The Labute approximate surface area is 108 Å². The molecule has 1 aromatic heterocycles. The Morgan fingerprint density at radius 2 is 2.17 bits per heavy atom. The third kappa shape index (κ3) is 2.46. The average Bonchev–Trinajstić information content (AvgIpc) is 2.71. The number of aromatic nitrogens is 1. The zero-order valence-corrected chi connectivity index (χ0v) is 11.1. The number of carbonyl (C=O) groups is 1. The molecule has 0 aliphatic carbocycles. The molecule has 18 heavy (non-hydrogen) atoms. The number of hydrogen-bond acceptors (Lipinski definition) is 4. The van der Waals surface area contributed by atoms with Gasteiger partial charge in [-0.05, 0) is 32.1 Å². The van der Waals surface area contributed by atoms with Crippen molar-refractivity contribution in [3.8, 4) is 0 Å². The molecule has 2 heterocycles. The Hall–Kier alpha value is -1.62. The van der Waals surface area contributed by atoms with Crippen LogP contribution in [0.25, 0.3) is 0 Å². The molecule has 0 aromatic carbocycles. The maximum atomic E-state index is 12.3. The lowest BCUT2D eigenvalue weighted by Crippen LogP contribution is -2.35. The predicted octanol–water partition coefficient (Wildman–Crippen LogP) is 0.686. The fourth-order valence-electron chi connectivity index (χ4n) is 2.50. The molecule has 1 fully saturated rings. The Kier molecular flexibility index (Phi) is 3.52. The van der Waals surface area contributed by atoms with Crippen LogP contribution in [0.1, 0.15) is 17.3 Å². The monoisotopic (exact) mass is 248 g/mol. The van der Waals surface area contributed by atoms with Gasteiger partial charge in [0.15, 0.2) is 0 Å². The van der Waals surface area contributed by atoms with Gasteiger partial charge in [-0.15, -0.1) is 0 Å². The maximum Gasteiger partial charge on any atom is 0.255 e. The minimum Gasteiger partial charge on any atom is -0.384 e. The molecule has 5 heteroatoms. The molecule has 2 unspecified atom stereocenters. The van der Waals surface area contributed by atoms with Gasteiger partial charge in [-0.2, -0.15) is 0 Å². The van der Waals surface area contributed by atoms with Gasteiger partial charge >= 0.3 is 0 Å². The summed E-state index contributed by atoms with van der Waals surface area (Å²) in [4.78, 5) is 20.3. The predicted molar refractivity (Wildman–Crippen MR) is 71.2 cm³/mol. The summed E-state index contributed by atoms with van der Waals surface area (Å²) in [6.07, 6.45) is 1.55. The van der Waals surface area contributed by atoms with E-state index >= 15 is 0 Å². The van der Waals surface area contributed by atoms with Gasteiger partial charge in [0, 0.05) is 25.3 Å². The molecule has 5 nitrogen and oxygen atoms in total. The maximum absolute atomic E-state index is 12.3. The molecule has 0 radical (unpaired) electrons. The van der Waals surface area contributed by atoms with E-state index < -0.39 is 0 Å². The van der Waals surface area contributed by atoms with Gasteiger partial charge in [-0.25, -0.2) is 4.98 Å². The van der Waals surface area contributed by atoms with Gasteiger partial charge in [-0.1, -0.05) is 6.92 Å². The summed E-state index contributed by atoms with van der Waals surface area (Å²) >= 11 is 0. The highest BCUT2D eigenvalue weighted by atomic mass is 16.2. The normalized spacial score (nSPS) is 23.7. The fraction of sp³-hybridized carbons (Fsp3) is 0.538. The molecule has 0 bridgehead atoms.